The zero-order chi connectivity index (χ0) is 14.8. The summed E-state index contributed by atoms with van der Waals surface area (Å²) in [5, 5.41) is 5.60. The van der Waals surface area contributed by atoms with Gasteiger partial charge in [-0.15, -0.1) is 11.8 Å². The van der Waals surface area contributed by atoms with Crippen LogP contribution in [0.3, 0.4) is 0 Å². The Bertz CT molecular complexity index is 736. The number of hydrogen-bond donors (Lipinski definition) is 2. The van der Waals surface area contributed by atoms with Crippen LogP contribution in [0.2, 0.25) is 0 Å². The lowest BCUT2D eigenvalue weighted by atomic mass is 10.2. The summed E-state index contributed by atoms with van der Waals surface area (Å²) in [6.07, 6.45) is 1.56. The Morgan fingerprint density at radius 3 is 3.00 bits per heavy atom. The summed E-state index contributed by atoms with van der Waals surface area (Å²) in [6.45, 7) is 0. The molecule has 2 aromatic rings. The van der Waals surface area contributed by atoms with E-state index in [1.54, 1.807) is 24.4 Å². The van der Waals surface area contributed by atoms with E-state index in [2.05, 4.69) is 31.5 Å². The van der Waals surface area contributed by atoms with Crippen LogP contribution in [0.15, 0.2) is 46.0 Å². The van der Waals surface area contributed by atoms with Crippen LogP contribution in [-0.4, -0.2) is 22.6 Å². The zero-order valence-electron chi connectivity index (χ0n) is 10.7. The molecule has 0 atom stereocenters. The van der Waals surface area contributed by atoms with Crippen LogP contribution in [-0.2, 0) is 4.79 Å². The van der Waals surface area contributed by atoms with Crippen LogP contribution in [0, 0.1) is 0 Å². The molecule has 21 heavy (non-hydrogen) atoms. The SMILES string of the molecule is O=C1CSc2ccc(NC(=O)c3ccnc(Br)c3)cc2N1. The molecule has 0 spiro atoms. The topological polar surface area (TPSA) is 71.1 Å². The molecule has 1 aliphatic rings. The van der Waals surface area contributed by atoms with Crippen LogP contribution in [0.5, 0.6) is 0 Å². The van der Waals surface area contributed by atoms with Crippen molar-refractivity contribution < 1.29 is 9.59 Å². The second-order valence-electron chi connectivity index (χ2n) is 4.37. The number of nitrogens with one attached hydrogen (secondary N) is 2. The summed E-state index contributed by atoms with van der Waals surface area (Å²) < 4.78 is 0.601. The molecule has 0 unspecified atom stereocenters. The van der Waals surface area contributed by atoms with Gasteiger partial charge in [0, 0.05) is 22.3 Å². The molecule has 0 radical (unpaired) electrons. The number of fused-ring (bicyclic) bond motifs is 1. The predicted molar refractivity (Wildman–Crippen MR) is 85.7 cm³/mol. The summed E-state index contributed by atoms with van der Waals surface area (Å²) in [5.74, 6) is 0.158. The van der Waals surface area contributed by atoms with Gasteiger partial charge in [-0.25, -0.2) is 4.98 Å². The van der Waals surface area contributed by atoms with Gasteiger partial charge in [0.2, 0.25) is 5.91 Å². The third kappa shape index (κ3) is 3.25. The van der Waals surface area contributed by atoms with Crippen molar-refractivity contribution in [1.82, 2.24) is 4.98 Å². The van der Waals surface area contributed by atoms with Crippen LogP contribution in [0.1, 0.15) is 10.4 Å². The quantitative estimate of drug-likeness (QED) is 0.804. The first-order valence-corrected chi connectivity index (χ1v) is 7.89. The van der Waals surface area contributed by atoms with E-state index in [4.69, 9.17) is 0 Å². The number of hydrogen-bond acceptors (Lipinski definition) is 4. The van der Waals surface area contributed by atoms with Gasteiger partial charge in [0.25, 0.3) is 5.91 Å². The Balaban J connectivity index is 1.80. The highest BCUT2D eigenvalue weighted by Crippen LogP contribution is 2.33. The van der Waals surface area contributed by atoms with Gasteiger partial charge in [0.15, 0.2) is 0 Å². The number of nitrogens with zero attached hydrogens (tertiary/aromatic N) is 1. The second kappa shape index (κ2) is 5.87. The van der Waals surface area contributed by atoms with Gasteiger partial charge >= 0.3 is 0 Å². The number of rotatable bonds is 2. The minimum Gasteiger partial charge on any atom is -0.324 e. The Hall–Kier alpha value is -1.86. The molecule has 0 saturated carbocycles. The number of thioether (sulfide) groups is 1. The van der Waals surface area contributed by atoms with Gasteiger partial charge in [0.1, 0.15) is 4.60 Å². The monoisotopic (exact) mass is 363 g/mol. The van der Waals surface area contributed by atoms with Crippen LogP contribution in [0.4, 0.5) is 11.4 Å². The molecule has 0 fully saturated rings. The smallest absolute Gasteiger partial charge is 0.255 e. The Morgan fingerprint density at radius 1 is 1.33 bits per heavy atom. The third-order valence-corrected chi connectivity index (χ3v) is 4.37. The first-order valence-electron chi connectivity index (χ1n) is 6.11. The van der Waals surface area contributed by atoms with Gasteiger partial charge in [-0.3, -0.25) is 9.59 Å². The van der Waals surface area contributed by atoms with Crippen molar-refractivity contribution >= 4 is 50.9 Å². The summed E-state index contributed by atoms with van der Waals surface area (Å²) in [7, 11) is 0. The molecule has 1 aliphatic heterocycles. The van der Waals surface area contributed by atoms with E-state index in [1.165, 1.54) is 11.8 Å². The number of anilines is 2. The van der Waals surface area contributed by atoms with Crippen molar-refractivity contribution in [1.29, 1.82) is 0 Å². The molecule has 2 N–H and O–H groups in total. The minimum absolute atomic E-state index is 0.0333. The Morgan fingerprint density at radius 2 is 2.19 bits per heavy atom. The fraction of sp³-hybridized carbons (Fsp3) is 0.0714. The number of aromatic nitrogens is 1. The van der Waals surface area contributed by atoms with Gasteiger partial charge in [0.05, 0.1) is 11.4 Å². The van der Waals surface area contributed by atoms with Gasteiger partial charge in [-0.05, 0) is 46.3 Å². The first-order chi connectivity index (χ1) is 10.1. The molecule has 0 saturated heterocycles. The minimum atomic E-state index is -0.229. The van der Waals surface area contributed by atoms with E-state index < -0.39 is 0 Å². The molecule has 1 aromatic heterocycles. The van der Waals surface area contributed by atoms with E-state index in [0.29, 0.717) is 21.6 Å². The molecule has 0 aliphatic carbocycles. The van der Waals surface area contributed by atoms with Gasteiger partial charge < -0.3 is 10.6 Å². The highest BCUT2D eigenvalue weighted by atomic mass is 79.9. The fourth-order valence-corrected chi connectivity index (χ4v) is 3.06. The third-order valence-electron chi connectivity index (χ3n) is 2.86. The van der Waals surface area contributed by atoms with Gasteiger partial charge in [-0.1, -0.05) is 0 Å². The lowest BCUT2D eigenvalue weighted by Crippen LogP contribution is -2.19. The first kappa shape index (κ1) is 14.1. The number of pyridine rings is 1. The molecule has 2 amide bonds. The van der Waals surface area contributed by atoms with Crippen LogP contribution in [0.25, 0.3) is 0 Å². The largest absolute Gasteiger partial charge is 0.324 e. The van der Waals surface area contributed by atoms with E-state index >= 15 is 0 Å². The molecule has 1 aromatic carbocycles. The van der Waals surface area contributed by atoms with Crippen molar-refractivity contribution in [3.8, 4) is 0 Å². The number of halogens is 1. The average Bonchev–Trinajstić information content (AvgIpc) is 2.46. The van der Waals surface area contributed by atoms with Crippen molar-refractivity contribution in [2.24, 2.45) is 0 Å². The number of carbonyl (C=O) groups excluding carboxylic acids is 2. The van der Waals surface area contributed by atoms with E-state index in [1.807, 2.05) is 12.1 Å². The second-order valence-corrected chi connectivity index (χ2v) is 6.20. The highest BCUT2D eigenvalue weighted by molar-refractivity contribution is 9.10. The average molecular weight is 364 g/mol. The molecule has 2 heterocycles. The van der Waals surface area contributed by atoms with Crippen molar-refractivity contribution in [3.05, 3.63) is 46.7 Å². The van der Waals surface area contributed by atoms with E-state index in [9.17, 15) is 9.59 Å². The Labute approximate surface area is 133 Å². The highest BCUT2D eigenvalue weighted by Gasteiger charge is 2.16. The van der Waals surface area contributed by atoms with Crippen molar-refractivity contribution in [2.45, 2.75) is 4.90 Å². The normalized spacial score (nSPS) is 13.3. The maximum Gasteiger partial charge on any atom is 0.255 e. The fourth-order valence-electron chi connectivity index (χ4n) is 1.91. The maximum absolute atomic E-state index is 12.1. The standard InChI is InChI=1S/C14H10BrN3O2S/c15-12-5-8(3-4-16-12)14(20)17-9-1-2-11-10(6-9)18-13(19)7-21-11/h1-6H,7H2,(H,17,20)(H,18,19). The Kier molecular flexibility index (Phi) is 3.94. The number of benzene rings is 1. The molecule has 3 rings (SSSR count). The van der Waals surface area contributed by atoms with Gasteiger partial charge in [-0.2, -0.15) is 0 Å². The molecule has 7 heteroatoms. The van der Waals surface area contributed by atoms with E-state index in [-0.39, 0.29) is 11.8 Å². The lowest BCUT2D eigenvalue weighted by Gasteiger charge is -2.17. The molecular weight excluding hydrogens is 354 g/mol. The van der Waals surface area contributed by atoms with Crippen LogP contribution < -0.4 is 10.6 Å². The van der Waals surface area contributed by atoms with Crippen molar-refractivity contribution in [3.63, 3.8) is 0 Å². The molecular formula is C14H10BrN3O2S. The molecule has 5 nitrogen and oxygen atoms in total. The lowest BCUT2D eigenvalue weighted by molar-refractivity contribution is -0.113. The zero-order valence-corrected chi connectivity index (χ0v) is 13.1. The molecule has 0 bridgehead atoms. The molecule has 106 valence electrons. The predicted octanol–water partition coefficient (Wildman–Crippen LogP) is 3.14. The van der Waals surface area contributed by atoms with E-state index in [0.717, 1.165) is 10.6 Å². The summed E-state index contributed by atoms with van der Waals surface area (Å²) >= 11 is 4.71. The maximum atomic E-state index is 12.1. The van der Waals surface area contributed by atoms with Crippen molar-refractivity contribution in [2.75, 3.05) is 16.4 Å². The van der Waals surface area contributed by atoms with Crippen LogP contribution >= 0.6 is 27.7 Å². The number of carbonyl (C=O) groups is 2. The summed E-state index contributed by atoms with van der Waals surface area (Å²) in [4.78, 5) is 28.5. The number of amides is 2. The summed E-state index contributed by atoms with van der Waals surface area (Å²) in [6, 6.07) is 8.74. The summed E-state index contributed by atoms with van der Waals surface area (Å²) in [5.41, 5.74) is 1.87.